The zero-order valence-corrected chi connectivity index (χ0v) is 8.71. The van der Waals surface area contributed by atoms with E-state index in [2.05, 4.69) is 0 Å². The molecule has 0 radical (unpaired) electrons. The number of benzene rings is 1. The van der Waals surface area contributed by atoms with Gasteiger partial charge in [-0.3, -0.25) is 4.79 Å². The highest BCUT2D eigenvalue weighted by molar-refractivity contribution is 7.16. The van der Waals surface area contributed by atoms with Crippen LogP contribution in [0.3, 0.4) is 0 Å². The van der Waals surface area contributed by atoms with Crippen molar-refractivity contribution < 1.29 is 4.74 Å². The van der Waals surface area contributed by atoms with Crippen molar-refractivity contribution in [3.05, 3.63) is 45.4 Å². The second-order valence-corrected chi connectivity index (χ2v) is 4.36. The Kier molecular flexibility index (Phi) is 1.86. The standard InChI is InChI=1S/C12H8O2S/c13-12-9-5-3-7-14-11(9)8-4-1-2-6-10(8)15-12/h1-6H,7H2. The molecule has 0 bridgehead atoms. The molecule has 74 valence electrons. The third kappa shape index (κ3) is 1.27. The van der Waals surface area contributed by atoms with Gasteiger partial charge in [0.1, 0.15) is 12.4 Å². The molecule has 2 nitrogen and oxygen atoms in total. The number of ether oxygens (including phenoxy) is 1. The molecule has 0 saturated heterocycles. The Morgan fingerprint density at radius 1 is 1.27 bits per heavy atom. The Bertz CT molecular complexity index is 611. The molecule has 2 heterocycles. The predicted molar refractivity (Wildman–Crippen MR) is 62.6 cm³/mol. The van der Waals surface area contributed by atoms with Crippen LogP contribution in [0.15, 0.2) is 35.1 Å². The minimum absolute atomic E-state index is 0.0691. The van der Waals surface area contributed by atoms with E-state index in [9.17, 15) is 4.79 Å². The Morgan fingerprint density at radius 3 is 3.07 bits per heavy atom. The van der Waals surface area contributed by atoms with Crippen molar-refractivity contribution in [1.29, 1.82) is 0 Å². The SMILES string of the molecule is O=c1sc2ccccc2c2c1C=CCO2. The lowest BCUT2D eigenvalue weighted by molar-refractivity contribution is 0.363. The summed E-state index contributed by atoms with van der Waals surface area (Å²) < 4.78 is 6.59. The Morgan fingerprint density at radius 2 is 2.13 bits per heavy atom. The van der Waals surface area contributed by atoms with Crippen LogP contribution in [0.4, 0.5) is 0 Å². The van der Waals surface area contributed by atoms with Gasteiger partial charge in [-0.25, -0.2) is 0 Å². The van der Waals surface area contributed by atoms with Crippen molar-refractivity contribution >= 4 is 27.5 Å². The Hall–Kier alpha value is -1.61. The van der Waals surface area contributed by atoms with Crippen LogP contribution in [0.25, 0.3) is 16.2 Å². The van der Waals surface area contributed by atoms with Crippen molar-refractivity contribution in [3.63, 3.8) is 0 Å². The van der Waals surface area contributed by atoms with Gasteiger partial charge in [0, 0.05) is 10.1 Å². The van der Waals surface area contributed by atoms with E-state index in [0.717, 1.165) is 15.8 Å². The Balaban J connectivity index is 2.51. The highest BCUT2D eigenvalue weighted by Gasteiger charge is 2.13. The van der Waals surface area contributed by atoms with Gasteiger partial charge in [-0.05, 0) is 24.3 Å². The smallest absolute Gasteiger partial charge is 0.243 e. The highest BCUT2D eigenvalue weighted by atomic mass is 32.1. The molecule has 3 rings (SSSR count). The molecular weight excluding hydrogens is 208 g/mol. The largest absolute Gasteiger partial charge is 0.488 e. The summed E-state index contributed by atoms with van der Waals surface area (Å²) in [6.07, 6.45) is 3.72. The van der Waals surface area contributed by atoms with Crippen molar-refractivity contribution in [1.82, 2.24) is 0 Å². The first kappa shape index (κ1) is 8.68. The molecule has 15 heavy (non-hydrogen) atoms. The molecule has 0 atom stereocenters. The maximum atomic E-state index is 11.8. The molecule has 0 spiro atoms. The molecule has 2 aromatic rings. The first-order valence-electron chi connectivity index (χ1n) is 4.71. The van der Waals surface area contributed by atoms with Gasteiger partial charge in [-0.2, -0.15) is 0 Å². The fourth-order valence-electron chi connectivity index (χ4n) is 1.73. The first-order valence-corrected chi connectivity index (χ1v) is 5.53. The van der Waals surface area contributed by atoms with Crippen molar-refractivity contribution in [2.75, 3.05) is 6.61 Å². The average Bonchev–Trinajstić information content (AvgIpc) is 2.30. The van der Waals surface area contributed by atoms with Crippen molar-refractivity contribution in [3.8, 4) is 5.75 Å². The minimum atomic E-state index is 0.0691. The van der Waals surface area contributed by atoms with Gasteiger partial charge in [0.2, 0.25) is 4.74 Å². The quantitative estimate of drug-likeness (QED) is 0.676. The summed E-state index contributed by atoms with van der Waals surface area (Å²) in [5.74, 6) is 0.733. The average molecular weight is 216 g/mol. The molecule has 1 aromatic carbocycles. The molecule has 0 fully saturated rings. The van der Waals surface area contributed by atoms with Gasteiger partial charge >= 0.3 is 0 Å². The summed E-state index contributed by atoms with van der Waals surface area (Å²) in [5.41, 5.74) is 0.685. The zero-order valence-electron chi connectivity index (χ0n) is 7.90. The molecule has 1 aliphatic rings. The highest BCUT2D eigenvalue weighted by Crippen LogP contribution is 2.31. The van der Waals surface area contributed by atoms with Crippen LogP contribution in [0.5, 0.6) is 5.75 Å². The second kappa shape index (κ2) is 3.21. The zero-order chi connectivity index (χ0) is 10.3. The fourth-order valence-corrected chi connectivity index (χ4v) is 2.62. The monoisotopic (exact) mass is 216 g/mol. The van der Waals surface area contributed by atoms with E-state index >= 15 is 0 Å². The summed E-state index contributed by atoms with van der Waals surface area (Å²) in [4.78, 5) is 11.8. The summed E-state index contributed by atoms with van der Waals surface area (Å²) in [6, 6.07) is 7.83. The van der Waals surface area contributed by atoms with Crippen LogP contribution < -0.4 is 9.48 Å². The normalized spacial score (nSPS) is 13.6. The maximum Gasteiger partial charge on any atom is 0.243 e. The predicted octanol–water partition coefficient (Wildman–Crippen LogP) is 2.67. The molecule has 0 amide bonds. The van der Waals surface area contributed by atoms with Crippen LogP contribution in [-0.4, -0.2) is 6.61 Å². The summed E-state index contributed by atoms with van der Waals surface area (Å²) in [5, 5.41) is 1.03. The van der Waals surface area contributed by atoms with Crippen LogP contribution in [-0.2, 0) is 0 Å². The lowest BCUT2D eigenvalue weighted by Gasteiger charge is -2.13. The van der Waals surface area contributed by atoms with E-state index in [1.54, 1.807) is 0 Å². The molecule has 0 N–H and O–H groups in total. The summed E-state index contributed by atoms with van der Waals surface area (Å²) in [6.45, 7) is 0.547. The van der Waals surface area contributed by atoms with E-state index in [4.69, 9.17) is 4.74 Å². The maximum absolute atomic E-state index is 11.8. The van der Waals surface area contributed by atoms with Gasteiger partial charge in [-0.1, -0.05) is 23.5 Å². The van der Waals surface area contributed by atoms with E-state index in [1.807, 2.05) is 36.4 Å². The van der Waals surface area contributed by atoms with Crippen molar-refractivity contribution in [2.45, 2.75) is 0 Å². The minimum Gasteiger partial charge on any atom is -0.488 e. The van der Waals surface area contributed by atoms with Gasteiger partial charge < -0.3 is 4.74 Å². The van der Waals surface area contributed by atoms with Crippen LogP contribution in [0.2, 0.25) is 0 Å². The third-order valence-electron chi connectivity index (χ3n) is 2.41. The topological polar surface area (TPSA) is 26.3 Å². The van der Waals surface area contributed by atoms with Gasteiger partial charge in [0.05, 0.1) is 5.56 Å². The summed E-state index contributed by atoms with van der Waals surface area (Å²) in [7, 11) is 0. The lowest BCUT2D eigenvalue weighted by atomic mass is 10.1. The second-order valence-electron chi connectivity index (χ2n) is 3.34. The summed E-state index contributed by atoms with van der Waals surface area (Å²) >= 11 is 1.27. The Labute approximate surface area is 90.4 Å². The molecule has 3 heteroatoms. The van der Waals surface area contributed by atoms with Gasteiger partial charge in [-0.15, -0.1) is 0 Å². The molecule has 0 aliphatic carbocycles. The number of hydrogen-bond donors (Lipinski definition) is 0. The lowest BCUT2D eigenvalue weighted by Crippen LogP contribution is -2.09. The number of rotatable bonds is 0. The third-order valence-corrected chi connectivity index (χ3v) is 3.39. The molecule has 0 saturated carbocycles. The molecule has 1 aromatic heterocycles. The fraction of sp³-hybridized carbons (Fsp3) is 0.0833. The first-order chi connectivity index (χ1) is 7.36. The van der Waals surface area contributed by atoms with E-state index in [0.29, 0.717) is 12.2 Å². The van der Waals surface area contributed by atoms with E-state index in [-0.39, 0.29) is 4.74 Å². The molecular formula is C12H8O2S. The van der Waals surface area contributed by atoms with Crippen LogP contribution >= 0.6 is 11.3 Å². The van der Waals surface area contributed by atoms with E-state index < -0.39 is 0 Å². The number of hydrogen-bond acceptors (Lipinski definition) is 3. The molecule has 0 unspecified atom stereocenters. The van der Waals surface area contributed by atoms with Crippen molar-refractivity contribution in [2.24, 2.45) is 0 Å². The van der Waals surface area contributed by atoms with Gasteiger partial charge in [0.15, 0.2) is 0 Å². The van der Waals surface area contributed by atoms with Crippen LogP contribution in [0, 0.1) is 0 Å². The van der Waals surface area contributed by atoms with Crippen LogP contribution in [0.1, 0.15) is 5.56 Å². The molecule has 1 aliphatic heterocycles. The number of fused-ring (bicyclic) bond motifs is 3. The van der Waals surface area contributed by atoms with E-state index in [1.165, 1.54) is 11.3 Å². The van der Waals surface area contributed by atoms with Gasteiger partial charge in [0.25, 0.3) is 0 Å².